The summed E-state index contributed by atoms with van der Waals surface area (Å²) in [5.74, 6) is -0.374. The average molecular weight is 284 g/mol. The third-order valence-corrected chi connectivity index (χ3v) is 3.09. The minimum Gasteiger partial charge on any atom is -0.342 e. The first-order chi connectivity index (χ1) is 10.1. The highest BCUT2D eigenvalue weighted by molar-refractivity contribution is 5.91. The maximum Gasteiger partial charge on any atom is 0.246 e. The molecule has 4 heteroatoms. The van der Waals surface area contributed by atoms with E-state index in [0.29, 0.717) is 13.0 Å². The van der Waals surface area contributed by atoms with E-state index in [1.807, 2.05) is 18.2 Å². The van der Waals surface area contributed by atoms with Crippen LogP contribution in [0.3, 0.4) is 0 Å². The predicted molar refractivity (Wildman–Crippen MR) is 81.0 cm³/mol. The zero-order valence-corrected chi connectivity index (χ0v) is 11.9. The number of nitrogens with zero attached hydrogens (tertiary/aromatic N) is 2. The molecule has 0 saturated carbocycles. The average Bonchev–Trinajstić information content (AvgIpc) is 2.52. The third kappa shape index (κ3) is 4.84. The predicted octanol–water partition coefficient (Wildman–Crippen LogP) is 2.94. The van der Waals surface area contributed by atoms with Crippen LogP contribution < -0.4 is 0 Å². The minimum atomic E-state index is -0.286. The zero-order chi connectivity index (χ0) is 15.1. The van der Waals surface area contributed by atoms with Gasteiger partial charge in [-0.05, 0) is 35.9 Å². The van der Waals surface area contributed by atoms with Crippen molar-refractivity contribution in [3.63, 3.8) is 0 Å². The van der Waals surface area contributed by atoms with Crippen molar-refractivity contribution in [2.45, 2.75) is 6.42 Å². The number of likely N-dealkylation sites (N-methyl/N-ethyl adjacent to an activating group) is 1. The van der Waals surface area contributed by atoms with Crippen molar-refractivity contribution < 1.29 is 9.18 Å². The van der Waals surface area contributed by atoms with E-state index >= 15 is 0 Å². The van der Waals surface area contributed by atoms with Gasteiger partial charge in [-0.1, -0.05) is 18.2 Å². The fourth-order valence-electron chi connectivity index (χ4n) is 1.81. The smallest absolute Gasteiger partial charge is 0.246 e. The lowest BCUT2D eigenvalue weighted by Gasteiger charge is -2.14. The Kier molecular flexibility index (Phi) is 5.21. The van der Waals surface area contributed by atoms with Crippen molar-refractivity contribution in [3.8, 4) is 0 Å². The largest absolute Gasteiger partial charge is 0.342 e. The monoisotopic (exact) mass is 284 g/mol. The van der Waals surface area contributed by atoms with Crippen LogP contribution in [0.15, 0.2) is 54.7 Å². The molecule has 1 heterocycles. The van der Waals surface area contributed by atoms with Crippen LogP contribution in [-0.2, 0) is 11.2 Å². The maximum atomic E-state index is 12.8. The summed E-state index contributed by atoms with van der Waals surface area (Å²) in [6.45, 7) is 0.601. The second-order valence-electron chi connectivity index (χ2n) is 4.72. The molecule has 2 rings (SSSR count). The summed E-state index contributed by atoms with van der Waals surface area (Å²) in [4.78, 5) is 17.8. The number of amides is 1. The molecule has 1 aromatic carbocycles. The second-order valence-corrected chi connectivity index (χ2v) is 4.72. The quantitative estimate of drug-likeness (QED) is 0.791. The van der Waals surface area contributed by atoms with E-state index in [2.05, 4.69) is 4.98 Å². The molecule has 1 aromatic heterocycles. The molecule has 0 bridgehead atoms. The Morgan fingerprint density at radius 2 is 2.00 bits per heavy atom. The summed E-state index contributed by atoms with van der Waals surface area (Å²) < 4.78 is 12.8. The summed E-state index contributed by atoms with van der Waals surface area (Å²) in [6, 6.07) is 11.7. The fraction of sp³-hybridized carbons (Fsp3) is 0.176. The van der Waals surface area contributed by atoms with Crippen molar-refractivity contribution in [3.05, 3.63) is 71.8 Å². The molecule has 0 N–H and O–H groups in total. The van der Waals surface area contributed by atoms with Gasteiger partial charge in [0.25, 0.3) is 0 Å². The second kappa shape index (κ2) is 7.33. The molecule has 0 radical (unpaired) electrons. The molecule has 108 valence electrons. The number of carbonyl (C=O) groups is 1. The Labute approximate surface area is 123 Å². The van der Waals surface area contributed by atoms with Gasteiger partial charge in [0.05, 0.1) is 0 Å². The van der Waals surface area contributed by atoms with Gasteiger partial charge in [-0.25, -0.2) is 4.39 Å². The molecular formula is C17H17FN2O. The van der Waals surface area contributed by atoms with Gasteiger partial charge in [-0.2, -0.15) is 0 Å². The van der Waals surface area contributed by atoms with Crippen molar-refractivity contribution in [1.82, 2.24) is 9.88 Å². The van der Waals surface area contributed by atoms with Gasteiger partial charge in [0.1, 0.15) is 5.82 Å². The molecule has 0 atom stereocenters. The SMILES string of the molecule is CN(CCc1ccccn1)C(=O)C=Cc1ccc(F)cc1. The maximum absolute atomic E-state index is 12.8. The number of hydrogen-bond acceptors (Lipinski definition) is 2. The highest BCUT2D eigenvalue weighted by Gasteiger charge is 2.05. The Balaban J connectivity index is 1.86. The first kappa shape index (κ1) is 14.9. The molecule has 1 amide bonds. The standard InChI is InChI=1S/C17H17FN2O/c1-20(13-11-16-4-2-3-12-19-16)17(21)10-7-14-5-8-15(18)9-6-14/h2-10,12H,11,13H2,1H3. The number of aromatic nitrogens is 1. The molecule has 0 aliphatic heterocycles. The van der Waals surface area contributed by atoms with E-state index in [-0.39, 0.29) is 11.7 Å². The van der Waals surface area contributed by atoms with E-state index in [9.17, 15) is 9.18 Å². The third-order valence-electron chi connectivity index (χ3n) is 3.09. The summed E-state index contributed by atoms with van der Waals surface area (Å²) in [5.41, 5.74) is 1.75. The van der Waals surface area contributed by atoms with Gasteiger partial charge >= 0.3 is 0 Å². The van der Waals surface area contributed by atoms with Gasteiger partial charge in [-0.15, -0.1) is 0 Å². The number of rotatable bonds is 5. The Hall–Kier alpha value is -2.49. The van der Waals surface area contributed by atoms with Gasteiger partial charge < -0.3 is 4.90 Å². The van der Waals surface area contributed by atoms with Crippen LogP contribution in [0.5, 0.6) is 0 Å². The molecule has 0 unspecified atom stereocenters. The van der Waals surface area contributed by atoms with Crippen LogP contribution in [0.1, 0.15) is 11.3 Å². The topological polar surface area (TPSA) is 33.2 Å². The zero-order valence-electron chi connectivity index (χ0n) is 11.9. The van der Waals surface area contributed by atoms with E-state index in [0.717, 1.165) is 11.3 Å². The van der Waals surface area contributed by atoms with E-state index < -0.39 is 0 Å². The Morgan fingerprint density at radius 1 is 1.24 bits per heavy atom. The van der Waals surface area contributed by atoms with E-state index in [4.69, 9.17) is 0 Å². The van der Waals surface area contributed by atoms with Gasteiger partial charge in [-0.3, -0.25) is 9.78 Å². The van der Waals surface area contributed by atoms with Crippen molar-refractivity contribution in [1.29, 1.82) is 0 Å². The van der Waals surface area contributed by atoms with Crippen LogP contribution in [0.25, 0.3) is 6.08 Å². The van der Waals surface area contributed by atoms with Crippen molar-refractivity contribution in [2.24, 2.45) is 0 Å². The van der Waals surface area contributed by atoms with Gasteiger partial charge in [0.15, 0.2) is 0 Å². The summed E-state index contributed by atoms with van der Waals surface area (Å²) >= 11 is 0. The normalized spacial score (nSPS) is 10.8. The van der Waals surface area contributed by atoms with Crippen LogP contribution in [0.2, 0.25) is 0 Å². The molecule has 21 heavy (non-hydrogen) atoms. The Bertz CT molecular complexity index is 608. The van der Waals surface area contributed by atoms with Gasteiger partial charge in [0, 0.05) is 38.0 Å². The first-order valence-electron chi connectivity index (χ1n) is 6.74. The lowest BCUT2D eigenvalue weighted by atomic mass is 10.2. The summed E-state index contributed by atoms with van der Waals surface area (Å²) in [5, 5.41) is 0. The molecule has 0 saturated heterocycles. The van der Waals surface area contributed by atoms with Crippen LogP contribution >= 0.6 is 0 Å². The number of pyridine rings is 1. The highest BCUT2D eigenvalue weighted by Crippen LogP contribution is 2.05. The van der Waals surface area contributed by atoms with Crippen LogP contribution in [0.4, 0.5) is 4.39 Å². The molecule has 0 spiro atoms. The van der Waals surface area contributed by atoms with Gasteiger partial charge in [0.2, 0.25) is 5.91 Å². The minimum absolute atomic E-state index is 0.0877. The van der Waals surface area contributed by atoms with Crippen LogP contribution in [0, 0.1) is 5.82 Å². The van der Waals surface area contributed by atoms with E-state index in [1.165, 1.54) is 18.2 Å². The molecule has 0 fully saturated rings. The van der Waals surface area contributed by atoms with E-state index in [1.54, 1.807) is 36.4 Å². The van der Waals surface area contributed by atoms with Crippen LogP contribution in [-0.4, -0.2) is 29.4 Å². The summed E-state index contributed by atoms with van der Waals surface area (Å²) in [7, 11) is 1.75. The number of benzene rings is 1. The number of halogens is 1. The molecule has 0 aliphatic carbocycles. The number of hydrogen-bond donors (Lipinski definition) is 0. The first-order valence-corrected chi connectivity index (χ1v) is 6.74. The van der Waals surface area contributed by atoms with Crippen molar-refractivity contribution >= 4 is 12.0 Å². The Morgan fingerprint density at radius 3 is 2.67 bits per heavy atom. The molecule has 3 nitrogen and oxygen atoms in total. The highest BCUT2D eigenvalue weighted by atomic mass is 19.1. The molecule has 0 aliphatic rings. The lowest BCUT2D eigenvalue weighted by molar-refractivity contribution is -0.124. The lowest BCUT2D eigenvalue weighted by Crippen LogP contribution is -2.27. The molecule has 2 aromatic rings. The fourth-order valence-corrected chi connectivity index (χ4v) is 1.81. The van der Waals surface area contributed by atoms with Crippen molar-refractivity contribution in [2.75, 3.05) is 13.6 Å². The molecular weight excluding hydrogens is 267 g/mol. The number of carbonyl (C=O) groups excluding carboxylic acids is 1. The summed E-state index contributed by atoms with van der Waals surface area (Å²) in [6.07, 6.45) is 5.63.